The summed E-state index contributed by atoms with van der Waals surface area (Å²) in [5.74, 6) is 0.909. The highest BCUT2D eigenvalue weighted by molar-refractivity contribution is 5.13. The summed E-state index contributed by atoms with van der Waals surface area (Å²) in [6, 6.07) is 0. The van der Waals surface area contributed by atoms with E-state index in [2.05, 4.69) is 19.1 Å². The summed E-state index contributed by atoms with van der Waals surface area (Å²) in [7, 11) is 0. The molecule has 0 saturated heterocycles. The molecule has 2 rings (SSSR count). The van der Waals surface area contributed by atoms with Crippen LogP contribution >= 0.6 is 0 Å². The van der Waals surface area contributed by atoms with Crippen molar-refractivity contribution in [3.05, 3.63) is 12.2 Å². The molecular weight excluding hydrogens is 120 g/mol. The maximum absolute atomic E-state index is 2.49. The van der Waals surface area contributed by atoms with Crippen molar-refractivity contribution in [1.29, 1.82) is 0 Å². The molecule has 0 heterocycles. The Kier molecular flexibility index (Phi) is 1.36. The van der Waals surface area contributed by atoms with Crippen molar-refractivity contribution < 1.29 is 0 Å². The Hall–Kier alpha value is -0.260. The fraction of sp³-hybridized carbons (Fsp3) is 0.800. The van der Waals surface area contributed by atoms with E-state index in [1.165, 1.54) is 32.1 Å². The lowest BCUT2D eigenvalue weighted by atomic mass is 9.85. The van der Waals surface area contributed by atoms with Crippen LogP contribution in [0.5, 0.6) is 0 Å². The van der Waals surface area contributed by atoms with Crippen LogP contribution in [0.3, 0.4) is 0 Å². The lowest BCUT2D eigenvalue weighted by molar-refractivity contribution is 0.435. The number of hydrogen-bond acceptors (Lipinski definition) is 0. The molecule has 0 bridgehead atoms. The minimum atomic E-state index is 0.728. The summed E-state index contributed by atoms with van der Waals surface area (Å²) in [5.41, 5.74) is 0.728. The third-order valence-electron chi connectivity index (χ3n) is 3.15. The summed E-state index contributed by atoms with van der Waals surface area (Å²) < 4.78 is 0. The molecule has 1 unspecified atom stereocenters. The van der Waals surface area contributed by atoms with Crippen LogP contribution in [0.15, 0.2) is 12.2 Å². The monoisotopic (exact) mass is 136 g/mol. The Bertz CT molecular complexity index is 151. The Morgan fingerprint density at radius 1 is 1.40 bits per heavy atom. The van der Waals surface area contributed by atoms with E-state index in [4.69, 9.17) is 0 Å². The molecule has 56 valence electrons. The molecule has 2 aliphatic carbocycles. The zero-order valence-electron chi connectivity index (χ0n) is 6.77. The minimum absolute atomic E-state index is 0.728. The fourth-order valence-electron chi connectivity index (χ4n) is 1.91. The van der Waals surface area contributed by atoms with Gasteiger partial charge < -0.3 is 0 Å². The largest absolute Gasteiger partial charge is 0.0849 e. The summed E-state index contributed by atoms with van der Waals surface area (Å²) in [6.45, 7) is 2.29. The average Bonchev–Trinajstić information content (AvgIpc) is 2.72. The molecule has 1 spiro atoms. The normalized spacial score (nSPS) is 34.7. The summed E-state index contributed by atoms with van der Waals surface area (Å²) >= 11 is 0. The topological polar surface area (TPSA) is 0 Å². The van der Waals surface area contributed by atoms with Gasteiger partial charge in [-0.3, -0.25) is 0 Å². The Morgan fingerprint density at radius 2 is 2.20 bits per heavy atom. The van der Waals surface area contributed by atoms with Crippen LogP contribution in [0.1, 0.15) is 39.0 Å². The van der Waals surface area contributed by atoms with Crippen molar-refractivity contribution >= 4 is 0 Å². The predicted molar refractivity (Wildman–Crippen MR) is 43.8 cm³/mol. The lowest BCUT2D eigenvalue weighted by Gasteiger charge is -2.20. The van der Waals surface area contributed by atoms with Crippen LogP contribution < -0.4 is 0 Å². The van der Waals surface area contributed by atoms with E-state index < -0.39 is 0 Å². The van der Waals surface area contributed by atoms with Crippen molar-refractivity contribution in [3.8, 4) is 0 Å². The highest BCUT2D eigenvalue weighted by Crippen LogP contribution is 2.53. The van der Waals surface area contributed by atoms with Gasteiger partial charge in [-0.25, -0.2) is 0 Å². The van der Waals surface area contributed by atoms with E-state index >= 15 is 0 Å². The van der Waals surface area contributed by atoms with Crippen LogP contribution in [-0.4, -0.2) is 0 Å². The second-order valence-corrected chi connectivity index (χ2v) is 3.93. The van der Waals surface area contributed by atoms with E-state index in [0.29, 0.717) is 0 Å². The van der Waals surface area contributed by atoms with Crippen LogP contribution in [0.4, 0.5) is 0 Å². The van der Waals surface area contributed by atoms with E-state index in [1.54, 1.807) is 0 Å². The average molecular weight is 136 g/mol. The van der Waals surface area contributed by atoms with Crippen molar-refractivity contribution in [3.63, 3.8) is 0 Å². The van der Waals surface area contributed by atoms with Gasteiger partial charge in [0.05, 0.1) is 0 Å². The quantitative estimate of drug-likeness (QED) is 0.486. The summed E-state index contributed by atoms with van der Waals surface area (Å²) in [4.78, 5) is 0. The van der Waals surface area contributed by atoms with Crippen LogP contribution in [-0.2, 0) is 0 Å². The van der Waals surface area contributed by atoms with E-state index in [1.807, 2.05) is 0 Å². The van der Waals surface area contributed by atoms with Gasteiger partial charge in [0, 0.05) is 0 Å². The Balaban J connectivity index is 2.00. The van der Waals surface area contributed by atoms with E-state index in [-0.39, 0.29) is 0 Å². The predicted octanol–water partition coefficient (Wildman–Crippen LogP) is 3.14. The first-order valence-corrected chi connectivity index (χ1v) is 4.54. The minimum Gasteiger partial charge on any atom is -0.0849 e. The third kappa shape index (κ3) is 1.00. The zero-order chi connectivity index (χ0) is 7.03. The number of hydrogen-bond donors (Lipinski definition) is 0. The number of allylic oxidation sites excluding steroid dienone is 2. The van der Waals surface area contributed by atoms with Gasteiger partial charge in [-0.15, -0.1) is 0 Å². The van der Waals surface area contributed by atoms with Gasteiger partial charge in [0.15, 0.2) is 0 Å². The van der Waals surface area contributed by atoms with Gasteiger partial charge in [0.25, 0.3) is 0 Å². The van der Waals surface area contributed by atoms with Crippen molar-refractivity contribution in [1.82, 2.24) is 0 Å². The first kappa shape index (κ1) is 6.45. The molecule has 0 radical (unpaired) electrons. The van der Waals surface area contributed by atoms with Gasteiger partial charge in [-0.05, 0) is 43.4 Å². The van der Waals surface area contributed by atoms with E-state index in [9.17, 15) is 0 Å². The van der Waals surface area contributed by atoms with Gasteiger partial charge in [-0.1, -0.05) is 19.1 Å². The molecule has 0 heteroatoms. The molecule has 1 fully saturated rings. The molecule has 1 atom stereocenters. The van der Waals surface area contributed by atoms with Gasteiger partial charge in [0.2, 0.25) is 0 Å². The van der Waals surface area contributed by atoms with Crippen LogP contribution in [0.2, 0.25) is 0 Å². The zero-order valence-corrected chi connectivity index (χ0v) is 6.77. The van der Waals surface area contributed by atoms with Gasteiger partial charge in [-0.2, -0.15) is 0 Å². The maximum Gasteiger partial charge on any atom is -0.0117 e. The highest BCUT2D eigenvalue weighted by Gasteiger charge is 2.41. The highest BCUT2D eigenvalue weighted by atomic mass is 14.5. The van der Waals surface area contributed by atoms with Gasteiger partial charge >= 0.3 is 0 Å². The van der Waals surface area contributed by atoms with Crippen molar-refractivity contribution in [2.75, 3.05) is 0 Å². The molecule has 0 aromatic carbocycles. The summed E-state index contributed by atoms with van der Waals surface area (Å²) in [6.07, 6.45) is 12.2. The molecule has 10 heavy (non-hydrogen) atoms. The second-order valence-electron chi connectivity index (χ2n) is 3.93. The molecule has 0 aliphatic heterocycles. The molecule has 0 amide bonds. The maximum atomic E-state index is 2.49. The molecule has 1 saturated carbocycles. The van der Waals surface area contributed by atoms with Crippen molar-refractivity contribution in [2.45, 2.75) is 39.0 Å². The first-order valence-electron chi connectivity index (χ1n) is 4.54. The molecule has 0 N–H and O–H groups in total. The lowest BCUT2D eigenvalue weighted by Crippen LogP contribution is -2.07. The second kappa shape index (κ2) is 2.11. The Labute approximate surface area is 63.3 Å². The number of rotatable bonds is 1. The molecule has 0 aromatic rings. The van der Waals surface area contributed by atoms with Crippen LogP contribution in [0.25, 0.3) is 0 Å². The van der Waals surface area contributed by atoms with E-state index in [0.717, 1.165) is 11.3 Å². The van der Waals surface area contributed by atoms with Crippen LogP contribution in [0, 0.1) is 11.3 Å². The molecular formula is C10H16. The molecule has 2 aliphatic rings. The van der Waals surface area contributed by atoms with Crippen molar-refractivity contribution in [2.24, 2.45) is 11.3 Å². The third-order valence-corrected chi connectivity index (χ3v) is 3.15. The molecule has 0 aromatic heterocycles. The first-order chi connectivity index (χ1) is 4.85. The Morgan fingerprint density at radius 3 is 2.60 bits per heavy atom. The standard InChI is InChI=1S/C10H16/c1-2-9-3-5-10(6-4-9)7-8-10/h3,5,9H,2,4,6-8H2,1H3. The SMILES string of the molecule is CCC1C=CC2(CC1)CC2. The van der Waals surface area contributed by atoms with Gasteiger partial charge in [0.1, 0.15) is 0 Å². The fourth-order valence-corrected chi connectivity index (χ4v) is 1.91. The smallest absolute Gasteiger partial charge is 0.0117 e. The summed E-state index contributed by atoms with van der Waals surface area (Å²) in [5, 5.41) is 0. The molecule has 0 nitrogen and oxygen atoms in total.